The van der Waals surface area contributed by atoms with Crippen LogP contribution in [0.2, 0.25) is 0 Å². The highest BCUT2D eigenvalue weighted by atomic mass is 79.9. The van der Waals surface area contributed by atoms with E-state index >= 15 is 0 Å². The molecule has 1 aromatic carbocycles. The van der Waals surface area contributed by atoms with Crippen LogP contribution < -0.4 is 5.32 Å². The van der Waals surface area contributed by atoms with Gasteiger partial charge in [0.25, 0.3) is 10.0 Å². The monoisotopic (exact) mass is 374 g/mol. The average molecular weight is 375 g/mol. The summed E-state index contributed by atoms with van der Waals surface area (Å²) >= 11 is 8.16. The first-order valence-corrected chi connectivity index (χ1v) is 8.08. The van der Waals surface area contributed by atoms with Gasteiger partial charge >= 0.3 is 0 Å². The smallest absolute Gasteiger partial charge is 0.300 e. The number of nitrogens with one attached hydrogen (secondary N) is 1. The first kappa shape index (κ1) is 13.5. The number of benzene rings is 1. The molecule has 0 unspecified atom stereocenters. The number of thiocarbonyl (C=S) groups is 1. The highest BCUT2D eigenvalue weighted by Crippen LogP contribution is 2.30. The predicted molar refractivity (Wildman–Crippen MR) is 78.5 cm³/mol. The lowest BCUT2D eigenvalue weighted by molar-refractivity contribution is -0.118. The Kier molecular flexibility index (Phi) is 3.07. The fraction of sp³-hybridized carbons (Fsp3) is 0.0909. The summed E-state index contributed by atoms with van der Waals surface area (Å²) in [6.07, 6.45) is 0. The van der Waals surface area contributed by atoms with Gasteiger partial charge in [0.2, 0.25) is 11.0 Å². The van der Waals surface area contributed by atoms with Crippen LogP contribution in [0.3, 0.4) is 0 Å². The number of furan rings is 1. The molecular weight excluding hydrogens is 368 g/mol. The summed E-state index contributed by atoms with van der Waals surface area (Å²) in [4.78, 5) is 11.2. The Morgan fingerprint density at radius 1 is 1.40 bits per heavy atom. The van der Waals surface area contributed by atoms with Crippen LogP contribution in [-0.2, 0) is 14.8 Å². The van der Waals surface area contributed by atoms with Crippen molar-refractivity contribution in [3.63, 3.8) is 0 Å². The van der Waals surface area contributed by atoms with Crippen LogP contribution in [0, 0.1) is 0 Å². The molecule has 0 radical (unpaired) electrons. The van der Waals surface area contributed by atoms with E-state index in [2.05, 4.69) is 21.2 Å². The van der Waals surface area contributed by atoms with Crippen LogP contribution in [0.1, 0.15) is 0 Å². The Bertz CT molecular complexity index is 843. The normalized spacial score (nSPS) is 15.9. The minimum absolute atomic E-state index is 0.144. The van der Waals surface area contributed by atoms with Crippen molar-refractivity contribution in [2.75, 3.05) is 6.54 Å². The number of hydrogen-bond acceptors (Lipinski definition) is 5. The zero-order chi connectivity index (χ0) is 14.5. The van der Waals surface area contributed by atoms with E-state index in [1.54, 1.807) is 18.2 Å². The van der Waals surface area contributed by atoms with E-state index in [1.165, 1.54) is 6.07 Å². The van der Waals surface area contributed by atoms with E-state index in [4.69, 9.17) is 16.6 Å². The molecule has 1 aliphatic heterocycles. The van der Waals surface area contributed by atoms with E-state index in [0.29, 0.717) is 11.0 Å². The number of amides is 1. The zero-order valence-electron chi connectivity index (χ0n) is 9.79. The third-order valence-corrected chi connectivity index (χ3v) is 5.52. The number of fused-ring (bicyclic) bond motifs is 1. The molecule has 0 saturated carbocycles. The summed E-state index contributed by atoms with van der Waals surface area (Å²) in [5, 5.41) is 2.52. The SMILES string of the molecule is O=C1CN(S(=O)(=O)c2cc3c(Br)cccc3o2)C(=S)N1. The molecule has 0 spiro atoms. The van der Waals surface area contributed by atoms with Crippen LogP contribution in [-0.4, -0.2) is 30.3 Å². The summed E-state index contributed by atoms with van der Waals surface area (Å²) in [5.74, 6) is -0.462. The first-order valence-electron chi connectivity index (χ1n) is 5.44. The number of sulfonamides is 1. The summed E-state index contributed by atoms with van der Waals surface area (Å²) in [5.41, 5.74) is 0.433. The highest BCUT2D eigenvalue weighted by Gasteiger charge is 2.36. The number of halogens is 1. The molecule has 1 aliphatic rings. The van der Waals surface area contributed by atoms with Crippen molar-refractivity contribution in [3.05, 3.63) is 28.7 Å². The Labute approximate surface area is 127 Å². The number of rotatable bonds is 2. The Hall–Kier alpha value is -1.45. The van der Waals surface area contributed by atoms with Gasteiger partial charge in [-0.25, -0.2) is 4.31 Å². The maximum atomic E-state index is 12.4. The van der Waals surface area contributed by atoms with E-state index in [1.807, 2.05) is 0 Å². The number of carbonyl (C=O) groups is 1. The molecule has 1 amide bonds. The number of nitrogens with zero attached hydrogens (tertiary/aromatic N) is 1. The lowest BCUT2D eigenvalue weighted by Gasteiger charge is -2.13. The van der Waals surface area contributed by atoms with Crippen LogP contribution in [0.5, 0.6) is 0 Å². The predicted octanol–water partition coefficient (Wildman–Crippen LogP) is 1.60. The quantitative estimate of drug-likeness (QED) is 0.807. The van der Waals surface area contributed by atoms with Gasteiger partial charge in [0.1, 0.15) is 12.1 Å². The van der Waals surface area contributed by atoms with Gasteiger partial charge in [-0.3, -0.25) is 4.79 Å². The Balaban J connectivity index is 2.12. The summed E-state index contributed by atoms with van der Waals surface area (Å²) < 4.78 is 31.7. The van der Waals surface area contributed by atoms with Crippen LogP contribution in [0.25, 0.3) is 11.0 Å². The second-order valence-electron chi connectivity index (χ2n) is 4.08. The maximum Gasteiger partial charge on any atom is 0.300 e. The molecule has 2 heterocycles. The summed E-state index contributed by atoms with van der Waals surface area (Å²) in [6, 6.07) is 6.57. The molecule has 1 fully saturated rings. The third kappa shape index (κ3) is 2.02. The van der Waals surface area contributed by atoms with Gasteiger partial charge in [-0.15, -0.1) is 0 Å². The zero-order valence-corrected chi connectivity index (χ0v) is 13.0. The van der Waals surface area contributed by atoms with Crippen molar-refractivity contribution in [1.29, 1.82) is 0 Å². The van der Waals surface area contributed by atoms with Crippen molar-refractivity contribution in [2.45, 2.75) is 5.09 Å². The second kappa shape index (κ2) is 4.54. The molecule has 104 valence electrons. The largest absolute Gasteiger partial charge is 0.443 e. The van der Waals surface area contributed by atoms with Gasteiger partial charge in [0.05, 0.1) is 0 Å². The summed E-state index contributed by atoms with van der Waals surface area (Å²) in [6.45, 7) is -0.334. The first-order chi connectivity index (χ1) is 9.39. The third-order valence-electron chi connectivity index (χ3n) is 2.79. The van der Waals surface area contributed by atoms with Crippen molar-refractivity contribution in [2.24, 2.45) is 0 Å². The van der Waals surface area contributed by atoms with E-state index in [9.17, 15) is 13.2 Å². The molecule has 9 heteroatoms. The molecule has 1 saturated heterocycles. The van der Waals surface area contributed by atoms with E-state index < -0.39 is 15.9 Å². The van der Waals surface area contributed by atoms with Crippen molar-refractivity contribution >= 4 is 60.2 Å². The van der Waals surface area contributed by atoms with Crippen LogP contribution in [0.4, 0.5) is 0 Å². The molecule has 0 bridgehead atoms. The molecule has 6 nitrogen and oxygen atoms in total. The molecule has 3 rings (SSSR count). The van der Waals surface area contributed by atoms with Crippen LogP contribution in [0.15, 0.2) is 38.2 Å². The van der Waals surface area contributed by atoms with E-state index in [0.717, 1.165) is 8.78 Å². The lowest BCUT2D eigenvalue weighted by atomic mass is 10.3. The minimum atomic E-state index is -3.98. The molecule has 20 heavy (non-hydrogen) atoms. The second-order valence-corrected chi connectivity index (χ2v) is 7.12. The van der Waals surface area contributed by atoms with Gasteiger partial charge in [0, 0.05) is 15.9 Å². The molecule has 0 atom stereocenters. The lowest BCUT2D eigenvalue weighted by Crippen LogP contribution is -2.33. The van der Waals surface area contributed by atoms with Crippen molar-refractivity contribution < 1.29 is 17.6 Å². The van der Waals surface area contributed by atoms with Gasteiger partial charge in [-0.2, -0.15) is 8.42 Å². The number of carbonyl (C=O) groups excluding carboxylic acids is 1. The van der Waals surface area contributed by atoms with Gasteiger partial charge in [0.15, 0.2) is 5.11 Å². The standard InChI is InChI=1S/C11H7BrN2O4S2/c12-7-2-1-3-8-6(7)4-10(18-8)20(16,17)14-5-9(15)13-11(14)19/h1-4H,5H2,(H,13,15,19). The van der Waals surface area contributed by atoms with Crippen molar-refractivity contribution in [1.82, 2.24) is 9.62 Å². The molecule has 2 aromatic rings. The number of hydrogen-bond donors (Lipinski definition) is 1. The van der Waals surface area contributed by atoms with Gasteiger partial charge in [-0.1, -0.05) is 22.0 Å². The highest BCUT2D eigenvalue weighted by molar-refractivity contribution is 9.10. The van der Waals surface area contributed by atoms with Crippen LogP contribution >= 0.6 is 28.1 Å². The minimum Gasteiger partial charge on any atom is -0.443 e. The fourth-order valence-corrected chi connectivity index (χ4v) is 4.02. The van der Waals surface area contributed by atoms with Gasteiger partial charge in [-0.05, 0) is 24.4 Å². The Morgan fingerprint density at radius 2 is 2.15 bits per heavy atom. The average Bonchev–Trinajstić information content (AvgIpc) is 2.94. The van der Waals surface area contributed by atoms with Crippen molar-refractivity contribution in [3.8, 4) is 0 Å². The summed E-state index contributed by atoms with van der Waals surface area (Å²) in [7, 11) is -3.98. The topological polar surface area (TPSA) is 79.6 Å². The molecule has 0 aliphatic carbocycles. The molecule has 1 N–H and O–H groups in total. The maximum absolute atomic E-state index is 12.4. The Morgan fingerprint density at radius 3 is 2.75 bits per heavy atom. The van der Waals surface area contributed by atoms with E-state index in [-0.39, 0.29) is 16.7 Å². The molecular formula is C11H7BrN2O4S2. The van der Waals surface area contributed by atoms with Gasteiger partial charge < -0.3 is 9.73 Å². The molecule has 1 aromatic heterocycles. The fourth-order valence-electron chi connectivity index (χ4n) is 1.86.